The van der Waals surface area contributed by atoms with Gasteiger partial charge in [-0.3, -0.25) is 14.4 Å². The number of nitrogens with zero attached hydrogens (tertiary/aromatic N) is 1. The van der Waals surface area contributed by atoms with Crippen LogP contribution in [0.1, 0.15) is 55.2 Å². The van der Waals surface area contributed by atoms with Crippen molar-refractivity contribution in [2.75, 3.05) is 19.0 Å². The molecule has 5 rings (SSSR count). The monoisotopic (exact) mass is 433 g/mol. The number of benzene rings is 2. The summed E-state index contributed by atoms with van der Waals surface area (Å²) < 4.78 is 5.32. The van der Waals surface area contributed by atoms with Crippen LogP contribution in [0.25, 0.3) is 0 Å². The summed E-state index contributed by atoms with van der Waals surface area (Å²) >= 11 is 0. The van der Waals surface area contributed by atoms with Gasteiger partial charge in [0, 0.05) is 25.1 Å². The van der Waals surface area contributed by atoms with Crippen LogP contribution in [0, 0.1) is 0 Å². The van der Waals surface area contributed by atoms with Crippen molar-refractivity contribution >= 4 is 23.4 Å². The molecule has 7 nitrogen and oxygen atoms in total. The van der Waals surface area contributed by atoms with Crippen molar-refractivity contribution in [1.29, 1.82) is 0 Å². The van der Waals surface area contributed by atoms with Crippen molar-refractivity contribution in [3.05, 3.63) is 59.7 Å². The summed E-state index contributed by atoms with van der Waals surface area (Å²) in [4.78, 5) is 40.6. The summed E-state index contributed by atoms with van der Waals surface area (Å²) in [5.74, 6) is 0.0234. The van der Waals surface area contributed by atoms with Crippen molar-refractivity contribution in [1.82, 2.24) is 10.2 Å². The van der Waals surface area contributed by atoms with E-state index in [2.05, 4.69) is 10.6 Å². The van der Waals surface area contributed by atoms with Crippen LogP contribution in [0.5, 0.6) is 5.75 Å². The summed E-state index contributed by atoms with van der Waals surface area (Å²) in [5, 5.41) is 6.10. The predicted octanol–water partition coefficient (Wildman–Crippen LogP) is 3.13. The molecule has 0 radical (unpaired) electrons. The Hall–Kier alpha value is -3.35. The zero-order valence-corrected chi connectivity index (χ0v) is 18.1. The molecule has 2 aromatic rings. The van der Waals surface area contributed by atoms with Gasteiger partial charge >= 0.3 is 0 Å². The minimum atomic E-state index is -0.534. The van der Waals surface area contributed by atoms with Crippen LogP contribution in [-0.2, 0) is 14.4 Å². The van der Waals surface area contributed by atoms with Gasteiger partial charge in [0.05, 0.1) is 24.6 Å². The molecule has 1 spiro atoms. The molecule has 0 saturated carbocycles. The summed E-state index contributed by atoms with van der Waals surface area (Å²) in [5.41, 5.74) is 2.02. The summed E-state index contributed by atoms with van der Waals surface area (Å²) in [6.07, 6.45) is 2.90. The first kappa shape index (κ1) is 20.5. The van der Waals surface area contributed by atoms with E-state index in [4.69, 9.17) is 4.74 Å². The fraction of sp³-hybridized carbons (Fsp3) is 0.400. The van der Waals surface area contributed by atoms with Gasteiger partial charge in [0.2, 0.25) is 17.7 Å². The number of hydrogen-bond donors (Lipinski definition) is 2. The van der Waals surface area contributed by atoms with Crippen LogP contribution < -0.4 is 15.4 Å². The van der Waals surface area contributed by atoms with Crippen LogP contribution in [0.15, 0.2) is 48.5 Å². The Morgan fingerprint density at radius 1 is 1.06 bits per heavy atom. The molecule has 2 N–H and O–H groups in total. The molecule has 166 valence electrons. The second kappa shape index (κ2) is 7.97. The van der Waals surface area contributed by atoms with Gasteiger partial charge in [0.15, 0.2) is 0 Å². The van der Waals surface area contributed by atoms with Crippen molar-refractivity contribution in [3.8, 4) is 5.75 Å². The number of piperidine rings is 1. The largest absolute Gasteiger partial charge is 0.497 e. The lowest BCUT2D eigenvalue weighted by Gasteiger charge is -2.49. The predicted molar refractivity (Wildman–Crippen MR) is 119 cm³/mol. The molecule has 3 heterocycles. The van der Waals surface area contributed by atoms with E-state index in [1.807, 2.05) is 53.4 Å². The molecule has 32 heavy (non-hydrogen) atoms. The van der Waals surface area contributed by atoms with E-state index in [1.165, 1.54) is 0 Å². The number of ether oxygens (including phenoxy) is 1. The van der Waals surface area contributed by atoms with Gasteiger partial charge in [-0.05, 0) is 48.6 Å². The third-order valence-electron chi connectivity index (χ3n) is 7.06. The lowest BCUT2D eigenvalue weighted by Crippen LogP contribution is -2.59. The zero-order valence-electron chi connectivity index (χ0n) is 18.1. The molecule has 3 atom stereocenters. The second-order valence-electron chi connectivity index (χ2n) is 8.91. The molecule has 0 aromatic heterocycles. The summed E-state index contributed by atoms with van der Waals surface area (Å²) in [7, 11) is 1.62. The van der Waals surface area contributed by atoms with Gasteiger partial charge in [-0.2, -0.15) is 0 Å². The molecule has 2 aromatic carbocycles. The van der Waals surface area contributed by atoms with E-state index in [0.717, 1.165) is 29.7 Å². The lowest BCUT2D eigenvalue weighted by molar-refractivity contribution is -0.141. The minimum Gasteiger partial charge on any atom is -0.497 e. The Morgan fingerprint density at radius 3 is 2.56 bits per heavy atom. The van der Waals surface area contributed by atoms with Crippen molar-refractivity contribution in [2.24, 2.45) is 0 Å². The smallest absolute Gasteiger partial charge is 0.231 e. The maximum Gasteiger partial charge on any atom is 0.231 e. The first-order chi connectivity index (χ1) is 15.5. The van der Waals surface area contributed by atoms with Crippen LogP contribution in [0.4, 0.5) is 5.69 Å². The number of fused-ring (bicyclic) bond motifs is 1. The van der Waals surface area contributed by atoms with Crippen LogP contribution >= 0.6 is 0 Å². The number of hydrogen-bond acceptors (Lipinski definition) is 4. The third-order valence-corrected chi connectivity index (χ3v) is 7.06. The molecular weight excluding hydrogens is 406 g/mol. The van der Waals surface area contributed by atoms with Gasteiger partial charge in [-0.15, -0.1) is 0 Å². The highest BCUT2D eigenvalue weighted by molar-refractivity contribution is 6.01. The summed E-state index contributed by atoms with van der Waals surface area (Å²) in [6.45, 7) is 0.591. The highest BCUT2D eigenvalue weighted by Crippen LogP contribution is 2.46. The van der Waals surface area contributed by atoms with Gasteiger partial charge in [-0.25, -0.2) is 0 Å². The maximum atomic E-state index is 14.0. The van der Waals surface area contributed by atoms with Crippen molar-refractivity contribution < 1.29 is 19.1 Å². The van der Waals surface area contributed by atoms with E-state index in [0.29, 0.717) is 25.1 Å². The SMILES string of the molecule is COc1ccc([C@H]2N(C(=O)C3CC(=O)Nc4ccccc43)CCC[C@]23CCC(=O)N3)cc1. The highest BCUT2D eigenvalue weighted by Gasteiger charge is 2.51. The first-order valence-corrected chi connectivity index (χ1v) is 11.1. The Morgan fingerprint density at radius 2 is 1.84 bits per heavy atom. The van der Waals surface area contributed by atoms with E-state index in [-0.39, 0.29) is 30.2 Å². The average Bonchev–Trinajstić information content (AvgIpc) is 3.18. The number of carbonyl (C=O) groups excluding carboxylic acids is 3. The van der Waals surface area contributed by atoms with Crippen LogP contribution in [0.3, 0.4) is 0 Å². The molecule has 1 unspecified atom stereocenters. The number of methoxy groups -OCH3 is 1. The molecule has 0 bridgehead atoms. The first-order valence-electron chi connectivity index (χ1n) is 11.1. The normalized spacial score (nSPS) is 27.0. The minimum absolute atomic E-state index is 0.0280. The second-order valence-corrected chi connectivity index (χ2v) is 8.91. The van der Waals surface area contributed by atoms with Gasteiger partial charge < -0.3 is 20.3 Å². The Kier molecular flexibility index (Phi) is 5.12. The van der Waals surface area contributed by atoms with Crippen LogP contribution in [-0.4, -0.2) is 41.8 Å². The topological polar surface area (TPSA) is 87.7 Å². The quantitative estimate of drug-likeness (QED) is 0.779. The Bertz CT molecular complexity index is 1070. The number of rotatable bonds is 3. The lowest BCUT2D eigenvalue weighted by atomic mass is 9.75. The number of para-hydroxylation sites is 1. The number of carbonyl (C=O) groups is 3. The third kappa shape index (κ3) is 3.42. The summed E-state index contributed by atoms with van der Waals surface area (Å²) in [6, 6.07) is 14.9. The van der Waals surface area contributed by atoms with Gasteiger partial charge in [0.25, 0.3) is 0 Å². The molecule has 2 fully saturated rings. The molecule has 3 aliphatic rings. The Labute approximate surface area is 187 Å². The Balaban J connectivity index is 1.56. The van der Waals surface area contributed by atoms with Crippen molar-refractivity contribution in [3.63, 3.8) is 0 Å². The van der Waals surface area contributed by atoms with Crippen molar-refractivity contribution in [2.45, 2.75) is 49.6 Å². The molecular formula is C25H27N3O4. The number of amides is 3. The number of anilines is 1. The molecule has 2 saturated heterocycles. The maximum absolute atomic E-state index is 14.0. The van der Waals surface area contributed by atoms with E-state index >= 15 is 0 Å². The molecule has 3 amide bonds. The fourth-order valence-corrected chi connectivity index (χ4v) is 5.62. The molecule has 0 aliphatic carbocycles. The van der Waals surface area contributed by atoms with E-state index in [9.17, 15) is 14.4 Å². The average molecular weight is 434 g/mol. The van der Waals surface area contributed by atoms with Gasteiger partial charge in [0.1, 0.15) is 5.75 Å². The number of nitrogens with one attached hydrogen (secondary N) is 2. The van der Waals surface area contributed by atoms with E-state index < -0.39 is 11.5 Å². The highest BCUT2D eigenvalue weighted by atomic mass is 16.5. The standard InChI is InChI=1S/C25H27N3O4/c1-32-17-9-7-16(8-10-17)23-25(13-11-21(29)27-25)12-4-14-28(23)24(31)19-15-22(30)26-20-6-3-2-5-18(19)20/h2-3,5-10,19,23H,4,11-15H2,1H3,(H,26,30)(H,27,29)/t19?,23-,25+/m1/s1. The molecule has 7 heteroatoms. The fourth-order valence-electron chi connectivity index (χ4n) is 5.62. The van der Waals surface area contributed by atoms with Gasteiger partial charge in [-0.1, -0.05) is 30.3 Å². The zero-order chi connectivity index (χ0) is 22.3. The van der Waals surface area contributed by atoms with Crippen LogP contribution in [0.2, 0.25) is 0 Å². The number of likely N-dealkylation sites (tertiary alicyclic amines) is 1. The molecule has 3 aliphatic heterocycles. The van der Waals surface area contributed by atoms with E-state index in [1.54, 1.807) is 7.11 Å².